The van der Waals surface area contributed by atoms with Gasteiger partial charge < -0.3 is 5.32 Å². The van der Waals surface area contributed by atoms with E-state index in [-0.39, 0.29) is 5.82 Å². The van der Waals surface area contributed by atoms with Crippen molar-refractivity contribution >= 4 is 0 Å². The van der Waals surface area contributed by atoms with E-state index in [0.29, 0.717) is 12.6 Å². The van der Waals surface area contributed by atoms with E-state index in [0.717, 1.165) is 24.8 Å². The second kappa shape index (κ2) is 7.18. The maximum Gasteiger partial charge on any atom is 0.127 e. The third-order valence-electron chi connectivity index (χ3n) is 2.75. The van der Waals surface area contributed by atoms with E-state index in [2.05, 4.69) is 18.8 Å². The zero-order valence-corrected chi connectivity index (χ0v) is 9.88. The van der Waals surface area contributed by atoms with Gasteiger partial charge in [-0.3, -0.25) is 0 Å². The number of halogens is 1. The smallest absolute Gasteiger partial charge is 0.127 e. The zero-order valence-electron chi connectivity index (χ0n) is 9.88. The van der Waals surface area contributed by atoms with E-state index < -0.39 is 0 Å². The quantitative estimate of drug-likeness (QED) is 0.693. The van der Waals surface area contributed by atoms with Crippen LogP contribution in [-0.4, -0.2) is 6.04 Å². The van der Waals surface area contributed by atoms with Gasteiger partial charge >= 0.3 is 0 Å². The van der Waals surface area contributed by atoms with E-state index in [1.54, 1.807) is 6.07 Å². The van der Waals surface area contributed by atoms with Gasteiger partial charge in [-0.15, -0.1) is 6.58 Å². The van der Waals surface area contributed by atoms with Crippen LogP contribution in [0.15, 0.2) is 36.9 Å². The lowest BCUT2D eigenvalue weighted by molar-refractivity contribution is 0.462. The second-order valence-electron chi connectivity index (χ2n) is 3.94. The lowest BCUT2D eigenvalue weighted by Gasteiger charge is -2.16. The van der Waals surface area contributed by atoms with E-state index in [1.165, 1.54) is 6.07 Å². The molecule has 2 heteroatoms. The van der Waals surface area contributed by atoms with Gasteiger partial charge in [0, 0.05) is 18.2 Å². The van der Waals surface area contributed by atoms with Crippen molar-refractivity contribution in [3.63, 3.8) is 0 Å². The molecule has 0 heterocycles. The first-order valence-corrected chi connectivity index (χ1v) is 5.85. The predicted molar refractivity (Wildman–Crippen MR) is 66.7 cm³/mol. The second-order valence-corrected chi connectivity index (χ2v) is 3.94. The highest BCUT2D eigenvalue weighted by Crippen LogP contribution is 2.08. The van der Waals surface area contributed by atoms with Gasteiger partial charge in [-0.25, -0.2) is 4.39 Å². The Morgan fingerprint density at radius 2 is 2.19 bits per heavy atom. The van der Waals surface area contributed by atoms with Crippen molar-refractivity contribution in [1.29, 1.82) is 0 Å². The molecule has 0 aliphatic heterocycles. The Kier molecular flexibility index (Phi) is 5.79. The van der Waals surface area contributed by atoms with Crippen molar-refractivity contribution < 1.29 is 4.39 Å². The monoisotopic (exact) mass is 221 g/mol. The van der Waals surface area contributed by atoms with Gasteiger partial charge in [-0.1, -0.05) is 31.2 Å². The van der Waals surface area contributed by atoms with Crippen LogP contribution in [0.1, 0.15) is 31.7 Å². The summed E-state index contributed by atoms with van der Waals surface area (Å²) in [5, 5.41) is 3.37. The molecule has 0 amide bonds. The maximum atomic E-state index is 13.3. The zero-order chi connectivity index (χ0) is 11.8. The fourth-order valence-electron chi connectivity index (χ4n) is 1.67. The molecule has 1 unspecified atom stereocenters. The van der Waals surface area contributed by atoms with Gasteiger partial charge in [0.2, 0.25) is 0 Å². The Morgan fingerprint density at radius 1 is 1.44 bits per heavy atom. The van der Waals surface area contributed by atoms with E-state index in [9.17, 15) is 4.39 Å². The fraction of sp³-hybridized carbons (Fsp3) is 0.429. The van der Waals surface area contributed by atoms with Crippen LogP contribution < -0.4 is 5.32 Å². The van der Waals surface area contributed by atoms with Crippen molar-refractivity contribution in [3.8, 4) is 0 Å². The Hall–Kier alpha value is -1.15. The SMILES string of the molecule is C=CCCC(CC)NCc1ccccc1F. The van der Waals surface area contributed by atoms with Gasteiger partial charge in [-0.2, -0.15) is 0 Å². The van der Waals surface area contributed by atoms with Crippen molar-refractivity contribution in [1.82, 2.24) is 5.32 Å². The summed E-state index contributed by atoms with van der Waals surface area (Å²) in [5.41, 5.74) is 0.736. The number of allylic oxidation sites excluding steroid dienone is 1. The summed E-state index contributed by atoms with van der Waals surface area (Å²) in [6, 6.07) is 7.35. The summed E-state index contributed by atoms with van der Waals surface area (Å²) in [7, 11) is 0. The topological polar surface area (TPSA) is 12.0 Å². The molecule has 1 atom stereocenters. The fourth-order valence-corrected chi connectivity index (χ4v) is 1.67. The number of hydrogen-bond donors (Lipinski definition) is 1. The van der Waals surface area contributed by atoms with Crippen molar-refractivity contribution in [3.05, 3.63) is 48.3 Å². The molecule has 88 valence electrons. The summed E-state index contributed by atoms with van der Waals surface area (Å²) in [5.74, 6) is -0.131. The van der Waals surface area contributed by atoms with Crippen LogP contribution in [0, 0.1) is 5.82 Å². The van der Waals surface area contributed by atoms with Gasteiger partial charge in [0.1, 0.15) is 5.82 Å². The molecule has 1 nitrogen and oxygen atoms in total. The molecule has 0 saturated carbocycles. The Labute approximate surface area is 97.4 Å². The molecule has 0 radical (unpaired) electrons. The number of benzene rings is 1. The number of rotatable bonds is 7. The van der Waals surface area contributed by atoms with E-state index >= 15 is 0 Å². The highest BCUT2D eigenvalue weighted by molar-refractivity contribution is 5.16. The van der Waals surface area contributed by atoms with Crippen LogP contribution in [0.4, 0.5) is 4.39 Å². The summed E-state index contributed by atoms with van der Waals surface area (Å²) >= 11 is 0. The normalized spacial score (nSPS) is 12.4. The molecule has 16 heavy (non-hydrogen) atoms. The first-order chi connectivity index (χ1) is 7.77. The lowest BCUT2D eigenvalue weighted by Crippen LogP contribution is -2.28. The molecule has 1 rings (SSSR count). The first-order valence-electron chi connectivity index (χ1n) is 5.85. The molecule has 0 spiro atoms. The van der Waals surface area contributed by atoms with Gasteiger partial charge in [-0.05, 0) is 25.3 Å². The van der Waals surface area contributed by atoms with Crippen molar-refractivity contribution in [2.24, 2.45) is 0 Å². The summed E-state index contributed by atoms with van der Waals surface area (Å²) in [6.07, 6.45) is 5.05. The van der Waals surface area contributed by atoms with Crippen molar-refractivity contribution in [2.45, 2.75) is 38.8 Å². The molecule has 0 aliphatic carbocycles. The van der Waals surface area contributed by atoms with Gasteiger partial charge in [0.15, 0.2) is 0 Å². The summed E-state index contributed by atoms with van der Waals surface area (Å²) in [4.78, 5) is 0. The van der Waals surface area contributed by atoms with Crippen LogP contribution in [0.2, 0.25) is 0 Å². The Bertz CT molecular complexity index is 322. The molecular formula is C14H20FN. The number of hydrogen-bond acceptors (Lipinski definition) is 1. The van der Waals surface area contributed by atoms with E-state index in [1.807, 2.05) is 18.2 Å². The predicted octanol–water partition coefficient (Wildman–Crippen LogP) is 3.66. The molecule has 0 saturated heterocycles. The average molecular weight is 221 g/mol. The van der Waals surface area contributed by atoms with Crippen LogP contribution in [-0.2, 0) is 6.54 Å². The third-order valence-corrected chi connectivity index (χ3v) is 2.75. The van der Waals surface area contributed by atoms with Gasteiger partial charge in [0.25, 0.3) is 0 Å². The summed E-state index contributed by atoms with van der Waals surface area (Å²) in [6.45, 7) is 6.45. The molecule has 1 aromatic rings. The molecular weight excluding hydrogens is 201 g/mol. The highest BCUT2D eigenvalue weighted by atomic mass is 19.1. The summed E-state index contributed by atoms with van der Waals surface area (Å²) < 4.78 is 13.3. The molecule has 0 bridgehead atoms. The average Bonchev–Trinajstić information content (AvgIpc) is 2.31. The van der Waals surface area contributed by atoms with Crippen LogP contribution >= 0.6 is 0 Å². The molecule has 0 aliphatic rings. The molecule has 1 N–H and O–H groups in total. The standard InChI is InChI=1S/C14H20FN/c1-3-5-9-13(4-2)16-11-12-8-6-7-10-14(12)15/h3,6-8,10,13,16H,1,4-5,9,11H2,2H3. The van der Waals surface area contributed by atoms with Crippen molar-refractivity contribution in [2.75, 3.05) is 0 Å². The Balaban J connectivity index is 2.43. The lowest BCUT2D eigenvalue weighted by atomic mass is 10.1. The molecule has 0 fully saturated rings. The molecule has 0 aromatic heterocycles. The van der Waals surface area contributed by atoms with Crippen LogP contribution in [0.3, 0.4) is 0 Å². The maximum absolute atomic E-state index is 13.3. The minimum absolute atomic E-state index is 0.131. The minimum Gasteiger partial charge on any atom is -0.310 e. The van der Waals surface area contributed by atoms with E-state index in [4.69, 9.17) is 0 Å². The van der Waals surface area contributed by atoms with Gasteiger partial charge in [0.05, 0.1) is 0 Å². The third kappa shape index (κ3) is 4.15. The largest absolute Gasteiger partial charge is 0.310 e. The molecule has 1 aromatic carbocycles. The van der Waals surface area contributed by atoms with Crippen LogP contribution in [0.25, 0.3) is 0 Å². The Morgan fingerprint density at radius 3 is 2.81 bits per heavy atom. The first kappa shape index (κ1) is 12.9. The van der Waals surface area contributed by atoms with Crippen LogP contribution in [0.5, 0.6) is 0 Å². The highest BCUT2D eigenvalue weighted by Gasteiger charge is 2.06. The minimum atomic E-state index is -0.131. The number of nitrogens with one attached hydrogen (secondary N) is 1.